The number of allylic oxidation sites excluding steroid dienone is 2. The van der Waals surface area contributed by atoms with Crippen molar-refractivity contribution >= 4 is 29.3 Å². The molecule has 0 saturated heterocycles. The first kappa shape index (κ1) is 41.1. The Kier molecular flexibility index (Phi) is 10.3. The van der Waals surface area contributed by atoms with Crippen LogP contribution in [0.25, 0.3) is 11.4 Å². The Morgan fingerprint density at radius 1 is 0.964 bits per heavy atom. The summed E-state index contributed by atoms with van der Waals surface area (Å²) in [5, 5.41) is 19.9. The van der Waals surface area contributed by atoms with Crippen LogP contribution in [0.5, 0.6) is 0 Å². The molecule has 7 rings (SSSR count). The SMILES string of the molecule is CC(C)C1=C2[C@H]3CC[C@@H]4[C@@]5(C)CC[C@H](OC(=O)CC(C)(C)C(=O)O)C(C)(C)[C@@H]5CC[C@@]4(C)[C@]3(C)CC[C@@]2(Cc2nnc(-c3ccc(Cl)cc3)n2CCN)CC1=O. The maximum absolute atomic E-state index is 14.3. The average Bonchev–Trinajstić information content (AvgIpc) is 3.63. The van der Waals surface area contributed by atoms with Gasteiger partial charge in [0.25, 0.3) is 0 Å². The predicted molar refractivity (Wildman–Crippen MR) is 219 cm³/mol. The Balaban J connectivity index is 1.20. The summed E-state index contributed by atoms with van der Waals surface area (Å²) in [5.41, 5.74) is 8.09. The van der Waals surface area contributed by atoms with Gasteiger partial charge in [-0.2, -0.15) is 0 Å². The van der Waals surface area contributed by atoms with Crippen LogP contribution in [0.1, 0.15) is 132 Å². The van der Waals surface area contributed by atoms with Gasteiger partial charge in [0.05, 0.1) is 11.8 Å². The van der Waals surface area contributed by atoms with Crippen molar-refractivity contribution < 1.29 is 24.2 Å². The van der Waals surface area contributed by atoms with Crippen LogP contribution in [0.15, 0.2) is 35.4 Å². The number of ether oxygens (including phenoxy) is 1. The van der Waals surface area contributed by atoms with E-state index >= 15 is 0 Å². The van der Waals surface area contributed by atoms with Gasteiger partial charge in [-0.25, -0.2) is 0 Å². The maximum Gasteiger partial charge on any atom is 0.309 e. The monoisotopic (exact) mass is 788 g/mol. The molecular weight excluding hydrogens is 724 g/mol. The van der Waals surface area contributed by atoms with Crippen LogP contribution in [-0.2, 0) is 32.1 Å². The summed E-state index contributed by atoms with van der Waals surface area (Å²) in [7, 11) is 0. The number of Topliss-reactive ketones (excluding diaryl/α,β-unsaturated/α-hetero) is 1. The topological polar surface area (TPSA) is 137 Å². The van der Waals surface area contributed by atoms with Gasteiger partial charge in [-0.15, -0.1) is 10.2 Å². The van der Waals surface area contributed by atoms with Gasteiger partial charge in [0.1, 0.15) is 11.9 Å². The molecule has 2 aromatic rings. The molecule has 1 aromatic carbocycles. The van der Waals surface area contributed by atoms with E-state index < -0.39 is 17.4 Å². The number of halogens is 1. The van der Waals surface area contributed by atoms with Gasteiger partial charge in [0.15, 0.2) is 11.6 Å². The molecule has 10 heteroatoms. The summed E-state index contributed by atoms with van der Waals surface area (Å²) in [6, 6.07) is 7.71. The normalized spacial score (nSPS) is 35.1. The van der Waals surface area contributed by atoms with Crippen LogP contribution in [0.3, 0.4) is 0 Å². The van der Waals surface area contributed by atoms with Crippen LogP contribution < -0.4 is 5.73 Å². The second kappa shape index (κ2) is 14.1. The second-order valence-electron chi connectivity index (χ2n) is 20.7. The number of nitrogens with two attached hydrogens (primary N) is 1. The van der Waals surface area contributed by atoms with Crippen molar-refractivity contribution in [3.63, 3.8) is 0 Å². The van der Waals surface area contributed by atoms with Gasteiger partial charge in [0.2, 0.25) is 0 Å². The summed E-state index contributed by atoms with van der Waals surface area (Å²) < 4.78 is 8.37. The summed E-state index contributed by atoms with van der Waals surface area (Å²) in [5.74, 6) is 1.92. The van der Waals surface area contributed by atoms with E-state index in [1.54, 1.807) is 13.8 Å². The van der Waals surface area contributed by atoms with Gasteiger partial charge in [0, 0.05) is 47.3 Å². The molecule has 4 fully saturated rings. The lowest BCUT2D eigenvalue weighted by molar-refractivity contribution is -0.233. The number of esters is 1. The smallest absolute Gasteiger partial charge is 0.309 e. The molecular formula is C46H65ClN4O5. The molecule has 1 aromatic heterocycles. The minimum atomic E-state index is -1.17. The van der Waals surface area contributed by atoms with E-state index in [2.05, 4.69) is 53.0 Å². The van der Waals surface area contributed by atoms with Crippen molar-refractivity contribution in [2.75, 3.05) is 6.54 Å². The van der Waals surface area contributed by atoms with E-state index in [-0.39, 0.29) is 45.5 Å². The number of rotatable bonds is 10. The van der Waals surface area contributed by atoms with Gasteiger partial charge in [-0.05, 0) is 135 Å². The van der Waals surface area contributed by atoms with E-state index in [0.29, 0.717) is 54.5 Å². The van der Waals surface area contributed by atoms with E-state index in [0.717, 1.165) is 74.2 Å². The minimum Gasteiger partial charge on any atom is -0.481 e. The highest BCUT2D eigenvalue weighted by molar-refractivity contribution is 6.30. The molecule has 0 radical (unpaired) electrons. The average molecular weight is 790 g/mol. The number of aromatic nitrogens is 3. The Morgan fingerprint density at radius 3 is 2.30 bits per heavy atom. The predicted octanol–water partition coefficient (Wildman–Crippen LogP) is 9.49. The first-order valence-corrected chi connectivity index (χ1v) is 21.6. The van der Waals surface area contributed by atoms with Gasteiger partial charge >= 0.3 is 11.9 Å². The van der Waals surface area contributed by atoms with E-state index in [1.165, 1.54) is 5.57 Å². The quantitative estimate of drug-likeness (QED) is 0.227. The molecule has 0 unspecified atom stereocenters. The first-order valence-electron chi connectivity index (χ1n) is 21.2. The molecule has 5 aliphatic rings. The molecule has 4 saturated carbocycles. The summed E-state index contributed by atoms with van der Waals surface area (Å²) in [4.78, 5) is 39.3. The van der Waals surface area contributed by atoms with E-state index in [4.69, 9.17) is 32.3 Å². The van der Waals surface area contributed by atoms with Gasteiger partial charge in [-0.1, -0.05) is 65.6 Å². The zero-order valence-corrected chi connectivity index (χ0v) is 36.0. The molecule has 0 spiro atoms. The molecule has 0 aliphatic heterocycles. The number of hydrogen-bond acceptors (Lipinski definition) is 7. The fourth-order valence-corrected chi connectivity index (χ4v) is 13.8. The Labute approximate surface area is 338 Å². The van der Waals surface area contributed by atoms with Crippen molar-refractivity contribution in [3.05, 3.63) is 46.3 Å². The Bertz CT molecular complexity index is 1930. The molecule has 0 bridgehead atoms. The van der Waals surface area contributed by atoms with Crippen molar-refractivity contribution in [1.82, 2.24) is 14.8 Å². The third-order valence-electron chi connectivity index (χ3n) is 16.7. The molecule has 0 amide bonds. The highest BCUT2D eigenvalue weighted by Gasteiger charge is 2.70. The van der Waals surface area contributed by atoms with Gasteiger partial charge in [-0.3, -0.25) is 14.4 Å². The molecule has 8 atom stereocenters. The number of carboxylic acids is 1. The molecule has 1 heterocycles. The van der Waals surface area contributed by atoms with Crippen molar-refractivity contribution in [3.8, 4) is 11.4 Å². The number of fused-ring (bicyclic) bond motifs is 7. The lowest BCUT2D eigenvalue weighted by Gasteiger charge is -2.72. The molecule has 3 N–H and O–H groups in total. The zero-order chi connectivity index (χ0) is 40.8. The van der Waals surface area contributed by atoms with Crippen LogP contribution in [0, 0.1) is 56.2 Å². The largest absolute Gasteiger partial charge is 0.481 e. The number of aliphatic carboxylic acids is 1. The number of carbonyl (C=O) groups is 3. The standard InChI is InChI=1S/C46H65ClN4O5/c1-27(2)37-31(52)24-46(25-35-49-50-39(51(35)23-22-48)28-10-12-29(47)13-11-28)21-20-44(8)30(38(37)46)14-15-33-43(7)18-17-34(56-36(53)26-41(3,4)40(54)55)42(5,6)32(43)16-19-45(33,44)9/h10-13,27,30,32-34H,14-26,48H2,1-9H3,(H,54,55)/t30-,32+,33-,34+,43+,44-,45-,46+/m1/s1. The number of ketones is 1. The number of carbonyl (C=O) groups excluding carboxylic acids is 2. The first-order chi connectivity index (χ1) is 26.1. The molecule has 306 valence electrons. The number of benzene rings is 1. The van der Waals surface area contributed by atoms with Crippen LogP contribution >= 0.6 is 11.6 Å². The summed E-state index contributed by atoms with van der Waals surface area (Å²) >= 11 is 6.24. The molecule has 5 aliphatic carbocycles. The lowest BCUT2D eigenvalue weighted by atomic mass is 9.33. The van der Waals surface area contributed by atoms with Crippen molar-refractivity contribution in [2.24, 2.45) is 61.9 Å². The van der Waals surface area contributed by atoms with Crippen LogP contribution in [0.4, 0.5) is 0 Å². The Morgan fingerprint density at radius 2 is 1.66 bits per heavy atom. The van der Waals surface area contributed by atoms with Crippen molar-refractivity contribution in [2.45, 2.75) is 146 Å². The summed E-state index contributed by atoms with van der Waals surface area (Å²) in [6.45, 7) is 20.9. The maximum atomic E-state index is 14.3. The lowest BCUT2D eigenvalue weighted by Crippen LogP contribution is -2.65. The fraction of sp³-hybridized carbons (Fsp3) is 0.717. The fourth-order valence-electron chi connectivity index (χ4n) is 13.7. The minimum absolute atomic E-state index is 0.0166. The zero-order valence-electron chi connectivity index (χ0n) is 35.3. The second-order valence-corrected chi connectivity index (χ2v) is 21.2. The third-order valence-corrected chi connectivity index (χ3v) is 17.0. The van der Waals surface area contributed by atoms with Crippen LogP contribution in [0.2, 0.25) is 5.02 Å². The highest BCUT2D eigenvalue weighted by atomic mass is 35.5. The van der Waals surface area contributed by atoms with E-state index in [9.17, 15) is 19.5 Å². The molecule has 56 heavy (non-hydrogen) atoms. The number of nitrogens with zero attached hydrogens (tertiary/aromatic N) is 3. The van der Waals surface area contributed by atoms with Crippen LogP contribution in [-0.4, -0.2) is 50.2 Å². The number of hydrogen-bond donors (Lipinski definition) is 2. The Hall–Kier alpha value is -3.04. The molecule has 9 nitrogen and oxygen atoms in total. The van der Waals surface area contributed by atoms with Gasteiger partial charge < -0.3 is 20.1 Å². The summed E-state index contributed by atoms with van der Waals surface area (Å²) in [6.07, 6.45) is 8.94. The van der Waals surface area contributed by atoms with E-state index in [1.807, 2.05) is 24.3 Å². The third kappa shape index (κ3) is 6.22. The van der Waals surface area contributed by atoms with Crippen molar-refractivity contribution in [1.29, 1.82) is 0 Å². The number of carboxylic acid groups (broad SMARTS) is 1. The highest BCUT2D eigenvalue weighted by Crippen LogP contribution is 2.77.